The quantitative estimate of drug-likeness (QED) is 0.780. The van der Waals surface area contributed by atoms with Gasteiger partial charge in [0.25, 0.3) is 10.1 Å². The zero-order valence-electron chi connectivity index (χ0n) is 8.10. The molecular weight excluding hydrogens is 200 g/mol. The molecular formula is C10H14O3S. The van der Waals surface area contributed by atoms with Gasteiger partial charge in [-0.2, -0.15) is 8.42 Å². The standard InChI is InChI=1S/C10H14O3S/c1-2-3-9-4-6-10(7-5-9)8-14(11,12)13/h4-7H,2-3,8H2,1H3,(H,11,12,13). The van der Waals surface area contributed by atoms with Crippen LogP contribution in [0.25, 0.3) is 0 Å². The number of rotatable bonds is 4. The molecule has 3 nitrogen and oxygen atoms in total. The number of benzene rings is 1. The van der Waals surface area contributed by atoms with Crippen LogP contribution in [0.3, 0.4) is 0 Å². The van der Waals surface area contributed by atoms with Gasteiger partial charge >= 0.3 is 0 Å². The molecule has 0 heterocycles. The minimum atomic E-state index is -3.90. The van der Waals surface area contributed by atoms with E-state index in [4.69, 9.17) is 4.55 Å². The van der Waals surface area contributed by atoms with Crippen molar-refractivity contribution in [1.82, 2.24) is 0 Å². The van der Waals surface area contributed by atoms with E-state index >= 15 is 0 Å². The van der Waals surface area contributed by atoms with Crippen LogP contribution in [0.2, 0.25) is 0 Å². The van der Waals surface area contributed by atoms with E-state index < -0.39 is 10.1 Å². The van der Waals surface area contributed by atoms with E-state index in [2.05, 4.69) is 6.92 Å². The lowest BCUT2D eigenvalue weighted by molar-refractivity contribution is 0.482. The summed E-state index contributed by atoms with van der Waals surface area (Å²) in [5.41, 5.74) is 1.80. The minimum absolute atomic E-state index is 0.306. The molecule has 1 rings (SSSR count). The average Bonchev–Trinajstić information content (AvgIpc) is 2.06. The monoisotopic (exact) mass is 214 g/mol. The molecule has 0 aromatic heterocycles. The van der Waals surface area contributed by atoms with Crippen LogP contribution in [0, 0.1) is 0 Å². The molecule has 0 saturated heterocycles. The van der Waals surface area contributed by atoms with Gasteiger partial charge in [-0.15, -0.1) is 0 Å². The first kappa shape index (κ1) is 11.2. The molecule has 0 radical (unpaired) electrons. The molecule has 0 bridgehead atoms. The summed E-state index contributed by atoms with van der Waals surface area (Å²) in [6.45, 7) is 2.09. The second-order valence-corrected chi connectivity index (χ2v) is 4.75. The van der Waals surface area contributed by atoms with Crippen LogP contribution in [0.1, 0.15) is 24.5 Å². The Hall–Kier alpha value is -0.870. The van der Waals surface area contributed by atoms with Crippen LogP contribution in [-0.4, -0.2) is 13.0 Å². The predicted molar refractivity (Wildman–Crippen MR) is 55.7 cm³/mol. The average molecular weight is 214 g/mol. The highest BCUT2D eigenvalue weighted by Gasteiger charge is 2.05. The maximum Gasteiger partial charge on any atom is 0.269 e. The zero-order chi connectivity index (χ0) is 10.6. The molecule has 0 saturated carbocycles. The largest absolute Gasteiger partial charge is 0.285 e. The molecule has 1 aromatic carbocycles. The highest BCUT2D eigenvalue weighted by atomic mass is 32.2. The topological polar surface area (TPSA) is 54.4 Å². The molecule has 14 heavy (non-hydrogen) atoms. The summed E-state index contributed by atoms with van der Waals surface area (Å²) < 4.78 is 29.7. The fraction of sp³-hybridized carbons (Fsp3) is 0.400. The Kier molecular flexibility index (Phi) is 3.66. The van der Waals surface area contributed by atoms with Crippen LogP contribution in [0.15, 0.2) is 24.3 Å². The first-order valence-electron chi connectivity index (χ1n) is 4.54. The Morgan fingerprint density at radius 2 is 1.64 bits per heavy atom. The van der Waals surface area contributed by atoms with Gasteiger partial charge in [0, 0.05) is 0 Å². The van der Waals surface area contributed by atoms with Gasteiger partial charge < -0.3 is 0 Å². The van der Waals surface area contributed by atoms with Gasteiger partial charge in [-0.25, -0.2) is 0 Å². The molecule has 0 spiro atoms. The summed E-state index contributed by atoms with van der Waals surface area (Å²) in [4.78, 5) is 0. The lowest BCUT2D eigenvalue weighted by Gasteiger charge is -2.01. The first-order chi connectivity index (χ1) is 6.51. The summed E-state index contributed by atoms with van der Waals surface area (Å²) in [5.74, 6) is -0.306. The van der Waals surface area contributed by atoms with Crippen molar-refractivity contribution in [3.05, 3.63) is 35.4 Å². The van der Waals surface area contributed by atoms with Crippen LogP contribution in [0.5, 0.6) is 0 Å². The van der Waals surface area contributed by atoms with Crippen LogP contribution in [-0.2, 0) is 22.3 Å². The molecule has 0 aliphatic carbocycles. The number of hydrogen-bond donors (Lipinski definition) is 1. The molecule has 0 fully saturated rings. The van der Waals surface area contributed by atoms with Crippen molar-refractivity contribution < 1.29 is 13.0 Å². The smallest absolute Gasteiger partial charge is 0.269 e. The molecule has 78 valence electrons. The highest BCUT2D eigenvalue weighted by molar-refractivity contribution is 7.85. The van der Waals surface area contributed by atoms with Gasteiger partial charge in [0.05, 0.1) is 0 Å². The van der Waals surface area contributed by atoms with Crippen molar-refractivity contribution in [3.63, 3.8) is 0 Å². The van der Waals surface area contributed by atoms with Crippen molar-refractivity contribution in [2.75, 3.05) is 0 Å². The van der Waals surface area contributed by atoms with Crippen molar-refractivity contribution in [1.29, 1.82) is 0 Å². The van der Waals surface area contributed by atoms with E-state index in [1.807, 2.05) is 12.1 Å². The molecule has 0 aliphatic rings. The maximum absolute atomic E-state index is 10.6. The van der Waals surface area contributed by atoms with Gasteiger partial charge in [-0.05, 0) is 17.5 Å². The second-order valence-electron chi connectivity index (χ2n) is 3.29. The van der Waals surface area contributed by atoms with Crippen molar-refractivity contribution >= 4 is 10.1 Å². The Labute approximate surface area is 84.5 Å². The van der Waals surface area contributed by atoms with Crippen molar-refractivity contribution in [2.45, 2.75) is 25.5 Å². The van der Waals surface area contributed by atoms with Gasteiger partial charge in [-0.1, -0.05) is 37.6 Å². The third-order valence-electron chi connectivity index (χ3n) is 1.91. The fourth-order valence-corrected chi connectivity index (χ4v) is 1.92. The summed E-state index contributed by atoms with van der Waals surface area (Å²) in [6.07, 6.45) is 2.06. The van der Waals surface area contributed by atoms with E-state index in [-0.39, 0.29) is 5.75 Å². The Morgan fingerprint density at radius 1 is 1.14 bits per heavy atom. The fourth-order valence-electron chi connectivity index (χ4n) is 1.30. The summed E-state index contributed by atoms with van der Waals surface area (Å²) in [6, 6.07) is 7.26. The molecule has 0 unspecified atom stereocenters. The summed E-state index contributed by atoms with van der Waals surface area (Å²) in [5, 5.41) is 0. The van der Waals surface area contributed by atoms with Crippen LogP contribution >= 0.6 is 0 Å². The van der Waals surface area contributed by atoms with Crippen molar-refractivity contribution in [2.24, 2.45) is 0 Å². The predicted octanol–water partition coefficient (Wildman–Crippen LogP) is 2.03. The van der Waals surface area contributed by atoms with E-state index in [0.717, 1.165) is 12.8 Å². The SMILES string of the molecule is CCCc1ccc(CS(=O)(=O)O)cc1. The Bertz CT molecular complexity index is 378. The van der Waals surface area contributed by atoms with Gasteiger partial charge in [0.2, 0.25) is 0 Å². The zero-order valence-corrected chi connectivity index (χ0v) is 8.92. The van der Waals surface area contributed by atoms with Gasteiger partial charge in [-0.3, -0.25) is 4.55 Å². The van der Waals surface area contributed by atoms with E-state index in [1.165, 1.54) is 5.56 Å². The third-order valence-corrected chi connectivity index (χ3v) is 2.61. The molecule has 0 aliphatic heterocycles. The van der Waals surface area contributed by atoms with E-state index in [9.17, 15) is 8.42 Å². The number of hydrogen-bond acceptors (Lipinski definition) is 2. The minimum Gasteiger partial charge on any atom is -0.285 e. The molecule has 4 heteroatoms. The third kappa shape index (κ3) is 3.89. The molecule has 1 aromatic rings. The Morgan fingerprint density at radius 3 is 2.07 bits per heavy atom. The second kappa shape index (κ2) is 4.57. The van der Waals surface area contributed by atoms with Crippen LogP contribution < -0.4 is 0 Å². The summed E-state index contributed by atoms with van der Waals surface area (Å²) >= 11 is 0. The summed E-state index contributed by atoms with van der Waals surface area (Å²) in [7, 11) is -3.90. The molecule has 1 N–H and O–H groups in total. The van der Waals surface area contributed by atoms with E-state index in [0.29, 0.717) is 5.56 Å². The normalized spacial score (nSPS) is 11.6. The maximum atomic E-state index is 10.6. The first-order valence-corrected chi connectivity index (χ1v) is 6.15. The van der Waals surface area contributed by atoms with E-state index in [1.54, 1.807) is 12.1 Å². The lowest BCUT2D eigenvalue weighted by atomic mass is 10.1. The highest BCUT2D eigenvalue weighted by Crippen LogP contribution is 2.09. The molecule has 0 atom stereocenters. The molecule has 0 amide bonds. The van der Waals surface area contributed by atoms with Crippen molar-refractivity contribution in [3.8, 4) is 0 Å². The van der Waals surface area contributed by atoms with Crippen LogP contribution in [0.4, 0.5) is 0 Å². The van der Waals surface area contributed by atoms with Gasteiger partial charge in [0.15, 0.2) is 0 Å². The number of aryl methyl sites for hydroxylation is 1. The van der Waals surface area contributed by atoms with Gasteiger partial charge in [0.1, 0.15) is 5.75 Å². The lowest BCUT2D eigenvalue weighted by Crippen LogP contribution is -2.01. The Balaban J connectivity index is 2.74.